The number of nitro benzene ring substituents is 1. The molecule has 0 aliphatic heterocycles. The monoisotopic (exact) mass is 254 g/mol. The van der Waals surface area contributed by atoms with Gasteiger partial charge in [-0.05, 0) is 12.5 Å². The molecule has 7 nitrogen and oxygen atoms in total. The fraction of sp³-hybridized carbons (Fsp3) is 0.364. The summed E-state index contributed by atoms with van der Waals surface area (Å²) in [5, 5.41) is 20.5. The van der Waals surface area contributed by atoms with Crippen molar-refractivity contribution in [2.75, 3.05) is 7.11 Å². The highest BCUT2D eigenvalue weighted by molar-refractivity contribution is 5.76. The van der Waals surface area contributed by atoms with E-state index in [4.69, 9.17) is 5.73 Å². The van der Waals surface area contributed by atoms with Crippen molar-refractivity contribution >= 4 is 11.7 Å². The molecule has 0 aromatic heterocycles. The van der Waals surface area contributed by atoms with Crippen LogP contribution in [0.15, 0.2) is 12.1 Å². The Morgan fingerprint density at radius 1 is 1.61 bits per heavy atom. The number of hydrogen-bond donors (Lipinski definition) is 2. The van der Waals surface area contributed by atoms with E-state index >= 15 is 0 Å². The van der Waals surface area contributed by atoms with Crippen molar-refractivity contribution in [1.82, 2.24) is 0 Å². The third-order valence-corrected chi connectivity index (χ3v) is 2.45. The molecule has 0 saturated heterocycles. The van der Waals surface area contributed by atoms with E-state index in [0.29, 0.717) is 5.56 Å². The first kappa shape index (κ1) is 13.9. The van der Waals surface area contributed by atoms with E-state index in [9.17, 15) is 20.0 Å². The molecule has 0 bridgehead atoms. The normalized spacial score (nSPS) is 11.9. The van der Waals surface area contributed by atoms with Gasteiger partial charge in [-0.25, -0.2) is 0 Å². The minimum Gasteiger partial charge on any atom is -0.502 e. The maximum Gasteiger partial charge on any atom is 0.322 e. The number of carbonyl (C=O) groups is 1. The summed E-state index contributed by atoms with van der Waals surface area (Å²) in [6.07, 6.45) is -0.0268. The lowest BCUT2D eigenvalue weighted by molar-refractivity contribution is -0.386. The summed E-state index contributed by atoms with van der Waals surface area (Å²) in [7, 11) is 1.20. The van der Waals surface area contributed by atoms with Crippen molar-refractivity contribution in [2.24, 2.45) is 5.73 Å². The Kier molecular flexibility index (Phi) is 4.22. The Balaban J connectivity index is 3.10. The van der Waals surface area contributed by atoms with Crippen molar-refractivity contribution in [3.05, 3.63) is 33.4 Å². The smallest absolute Gasteiger partial charge is 0.322 e. The Hall–Kier alpha value is -2.15. The van der Waals surface area contributed by atoms with Crippen molar-refractivity contribution in [3.8, 4) is 5.75 Å². The number of ether oxygens (including phenoxy) is 1. The molecule has 1 aromatic carbocycles. The average Bonchev–Trinajstić information content (AvgIpc) is 2.31. The van der Waals surface area contributed by atoms with Crippen LogP contribution in [-0.2, 0) is 16.0 Å². The second-order valence-corrected chi connectivity index (χ2v) is 3.88. The number of esters is 1. The fourth-order valence-electron chi connectivity index (χ4n) is 1.60. The van der Waals surface area contributed by atoms with Crippen LogP contribution in [0.25, 0.3) is 0 Å². The molecule has 0 amide bonds. The lowest BCUT2D eigenvalue weighted by Crippen LogP contribution is -2.33. The summed E-state index contributed by atoms with van der Waals surface area (Å²) in [5.74, 6) is -1.11. The minimum atomic E-state index is -0.970. The summed E-state index contributed by atoms with van der Waals surface area (Å²) < 4.78 is 4.45. The van der Waals surface area contributed by atoms with Gasteiger partial charge < -0.3 is 15.6 Å². The molecule has 1 aromatic rings. The number of carbonyl (C=O) groups excluding carboxylic acids is 1. The zero-order chi connectivity index (χ0) is 13.9. The van der Waals surface area contributed by atoms with Gasteiger partial charge in [0.25, 0.3) is 0 Å². The fourth-order valence-corrected chi connectivity index (χ4v) is 1.60. The van der Waals surface area contributed by atoms with Gasteiger partial charge in [0.15, 0.2) is 5.75 Å². The van der Waals surface area contributed by atoms with Crippen LogP contribution < -0.4 is 5.73 Å². The van der Waals surface area contributed by atoms with E-state index in [0.717, 1.165) is 0 Å². The molecule has 0 saturated carbocycles. The second-order valence-electron chi connectivity index (χ2n) is 3.88. The van der Waals surface area contributed by atoms with Gasteiger partial charge in [0.1, 0.15) is 6.04 Å². The van der Waals surface area contributed by atoms with Gasteiger partial charge in [0.2, 0.25) is 0 Å². The average molecular weight is 254 g/mol. The Bertz CT molecular complexity index is 487. The van der Waals surface area contributed by atoms with Crippen molar-refractivity contribution in [3.63, 3.8) is 0 Å². The highest BCUT2D eigenvalue weighted by Crippen LogP contribution is 2.31. The molecule has 7 heteroatoms. The lowest BCUT2D eigenvalue weighted by atomic mass is 10.0. The molecule has 18 heavy (non-hydrogen) atoms. The van der Waals surface area contributed by atoms with Crippen LogP contribution in [-0.4, -0.2) is 29.2 Å². The molecule has 0 fully saturated rings. The van der Waals surface area contributed by atoms with Crippen LogP contribution in [0.3, 0.4) is 0 Å². The summed E-state index contributed by atoms with van der Waals surface area (Å²) in [6, 6.07) is 1.83. The first-order valence-electron chi connectivity index (χ1n) is 5.17. The number of phenols is 1. The summed E-state index contributed by atoms with van der Waals surface area (Å²) >= 11 is 0. The van der Waals surface area contributed by atoms with E-state index in [1.54, 1.807) is 13.0 Å². The van der Waals surface area contributed by atoms with E-state index in [-0.39, 0.29) is 12.0 Å². The lowest BCUT2D eigenvalue weighted by Gasteiger charge is -2.11. The van der Waals surface area contributed by atoms with Crippen molar-refractivity contribution in [1.29, 1.82) is 0 Å². The largest absolute Gasteiger partial charge is 0.502 e. The van der Waals surface area contributed by atoms with Gasteiger partial charge in [0, 0.05) is 18.1 Å². The standard InChI is InChI=1S/C11H14N2O5/c1-6-3-7(5-8(12)11(15)18-2)10(14)9(4-6)13(16)17/h3-4,8,14H,5,12H2,1-2H3/t8-/m1/s1. The maximum atomic E-state index is 11.2. The van der Waals surface area contributed by atoms with Crippen LogP contribution >= 0.6 is 0 Å². The third-order valence-electron chi connectivity index (χ3n) is 2.45. The van der Waals surface area contributed by atoms with E-state index in [2.05, 4.69) is 4.74 Å². The molecule has 0 heterocycles. The van der Waals surface area contributed by atoms with Gasteiger partial charge >= 0.3 is 11.7 Å². The number of benzene rings is 1. The van der Waals surface area contributed by atoms with Gasteiger partial charge in [-0.2, -0.15) is 0 Å². The minimum absolute atomic E-state index is 0.0268. The molecule has 1 rings (SSSR count). The zero-order valence-corrected chi connectivity index (χ0v) is 10.0. The second kappa shape index (κ2) is 5.46. The number of phenolic OH excluding ortho intramolecular Hbond substituents is 1. The van der Waals surface area contributed by atoms with Crippen molar-refractivity contribution < 1.29 is 19.6 Å². The van der Waals surface area contributed by atoms with Crippen LogP contribution in [0.2, 0.25) is 0 Å². The number of rotatable bonds is 4. The van der Waals surface area contributed by atoms with Gasteiger partial charge in [0.05, 0.1) is 12.0 Å². The summed E-state index contributed by atoms with van der Waals surface area (Å²) in [4.78, 5) is 21.2. The highest BCUT2D eigenvalue weighted by Gasteiger charge is 2.22. The van der Waals surface area contributed by atoms with Crippen molar-refractivity contribution in [2.45, 2.75) is 19.4 Å². The molecule has 0 aliphatic carbocycles. The molecular weight excluding hydrogens is 240 g/mol. The molecule has 0 spiro atoms. The number of nitrogens with zero attached hydrogens (tertiary/aromatic N) is 1. The number of hydrogen-bond acceptors (Lipinski definition) is 6. The maximum absolute atomic E-state index is 11.2. The molecule has 1 atom stereocenters. The van der Waals surface area contributed by atoms with Crippen LogP contribution in [0, 0.1) is 17.0 Å². The molecule has 3 N–H and O–H groups in total. The zero-order valence-electron chi connectivity index (χ0n) is 10.0. The molecule has 0 aliphatic rings. The summed E-state index contributed by atoms with van der Waals surface area (Å²) in [6.45, 7) is 1.65. The molecular formula is C11H14N2O5. The SMILES string of the molecule is COC(=O)[C@H](N)Cc1cc(C)cc([N+](=O)[O-])c1O. The van der Waals surface area contributed by atoms with Gasteiger partial charge in [-0.3, -0.25) is 14.9 Å². The van der Waals surface area contributed by atoms with Gasteiger partial charge in [-0.1, -0.05) is 6.07 Å². The number of aromatic hydroxyl groups is 1. The number of methoxy groups -OCH3 is 1. The molecule has 0 unspecified atom stereocenters. The first-order valence-corrected chi connectivity index (χ1v) is 5.17. The van der Waals surface area contributed by atoms with Crippen LogP contribution in [0.1, 0.15) is 11.1 Å². The quantitative estimate of drug-likeness (QED) is 0.463. The molecule has 98 valence electrons. The third kappa shape index (κ3) is 2.95. The first-order chi connectivity index (χ1) is 8.36. The van der Waals surface area contributed by atoms with Gasteiger partial charge in [-0.15, -0.1) is 0 Å². The van der Waals surface area contributed by atoms with E-state index in [1.807, 2.05) is 0 Å². The number of nitrogens with two attached hydrogens (primary N) is 1. The topological polar surface area (TPSA) is 116 Å². The van der Waals surface area contributed by atoms with E-state index < -0.39 is 28.4 Å². The predicted molar refractivity (Wildman–Crippen MR) is 63.2 cm³/mol. The molecule has 0 radical (unpaired) electrons. The van der Waals surface area contributed by atoms with Crippen LogP contribution in [0.4, 0.5) is 5.69 Å². The van der Waals surface area contributed by atoms with E-state index in [1.165, 1.54) is 13.2 Å². The predicted octanol–water partition coefficient (Wildman–Crippen LogP) is 0.652. The number of nitro groups is 1. The Morgan fingerprint density at radius 2 is 2.22 bits per heavy atom. The van der Waals surface area contributed by atoms with Crippen LogP contribution in [0.5, 0.6) is 5.75 Å². The Morgan fingerprint density at radius 3 is 2.72 bits per heavy atom. The summed E-state index contributed by atoms with van der Waals surface area (Å²) in [5.41, 5.74) is 6.00. The highest BCUT2D eigenvalue weighted by atomic mass is 16.6. The Labute approximate surface area is 103 Å². The number of aryl methyl sites for hydroxylation is 1.